The van der Waals surface area contributed by atoms with E-state index < -0.39 is 6.03 Å². The number of carbonyl (C=O) groups excluding carboxylic acids is 2. The van der Waals surface area contributed by atoms with E-state index in [1.165, 1.54) is 11.8 Å². The Morgan fingerprint density at radius 2 is 1.96 bits per heavy atom. The Kier molecular flexibility index (Phi) is 5.54. The van der Waals surface area contributed by atoms with E-state index in [0.717, 1.165) is 29.4 Å². The van der Waals surface area contributed by atoms with Crippen LogP contribution >= 0.6 is 23.4 Å². The third-order valence-electron chi connectivity index (χ3n) is 4.36. The van der Waals surface area contributed by atoms with Crippen LogP contribution in [0.5, 0.6) is 0 Å². The van der Waals surface area contributed by atoms with Crippen LogP contribution in [0.15, 0.2) is 53.7 Å². The quantitative estimate of drug-likeness (QED) is 0.601. The van der Waals surface area contributed by atoms with E-state index in [1.54, 1.807) is 0 Å². The van der Waals surface area contributed by atoms with Crippen molar-refractivity contribution in [3.05, 3.63) is 59.1 Å². The van der Waals surface area contributed by atoms with E-state index in [1.807, 2.05) is 48.5 Å². The highest BCUT2D eigenvalue weighted by molar-refractivity contribution is 7.99. The van der Waals surface area contributed by atoms with Crippen molar-refractivity contribution in [2.45, 2.75) is 30.6 Å². The van der Waals surface area contributed by atoms with Gasteiger partial charge in [0.1, 0.15) is 0 Å². The lowest BCUT2D eigenvalue weighted by Crippen LogP contribution is -2.41. The van der Waals surface area contributed by atoms with Crippen LogP contribution in [-0.4, -0.2) is 33.3 Å². The summed E-state index contributed by atoms with van der Waals surface area (Å²) < 4.78 is 2.06. The maximum atomic E-state index is 12.1. The number of aromatic nitrogens is 2. The molecule has 2 aromatic carbocycles. The molecular formula is C20H19ClN4O2S. The lowest BCUT2D eigenvalue weighted by atomic mass is 10.2. The molecule has 28 heavy (non-hydrogen) atoms. The van der Waals surface area contributed by atoms with Gasteiger partial charge in [-0.05, 0) is 36.6 Å². The first-order valence-electron chi connectivity index (χ1n) is 9.01. The molecule has 0 aliphatic heterocycles. The first-order chi connectivity index (χ1) is 13.6. The summed E-state index contributed by atoms with van der Waals surface area (Å²) in [6, 6.07) is 15.4. The van der Waals surface area contributed by atoms with Crippen molar-refractivity contribution in [3.8, 4) is 0 Å². The molecular weight excluding hydrogens is 396 g/mol. The van der Waals surface area contributed by atoms with Crippen LogP contribution in [0.4, 0.5) is 4.79 Å². The number of hydrogen-bond donors (Lipinski definition) is 2. The smallest absolute Gasteiger partial charge is 0.321 e. The van der Waals surface area contributed by atoms with Crippen LogP contribution < -0.4 is 10.6 Å². The Labute approximate surface area is 171 Å². The van der Waals surface area contributed by atoms with Crippen LogP contribution in [0, 0.1) is 0 Å². The lowest BCUT2D eigenvalue weighted by Gasteiger charge is -2.09. The third kappa shape index (κ3) is 4.66. The highest BCUT2D eigenvalue weighted by Crippen LogP contribution is 2.27. The van der Waals surface area contributed by atoms with E-state index >= 15 is 0 Å². The second-order valence-electron chi connectivity index (χ2n) is 6.68. The molecule has 2 N–H and O–H groups in total. The molecule has 144 valence electrons. The molecule has 0 spiro atoms. The number of rotatable bonds is 6. The standard InChI is InChI=1S/C20H19ClN4O2S/c21-14-6-9-17-16(10-14)23-20(25(17)11-13-4-2-1-3-5-13)28-12-18(26)24-19(27)22-15-7-8-15/h1-6,9-10,15H,7-8,11-12H2,(H2,22,24,26,27). The van der Waals surface area contributed by atoms with Gasteiger partial charge in [0.2, 0.25) is 5.91 Å². The number of carbonyl (C=O) groups is 2. The van der Waals surface area contributed by atoms with Gasteiger partial charge in [0.15, 0.2) is 5.16 Å². The number of fused-ring (bicyclic) bond motifs is 1. The number of amides is 3. The molecule has 0 bridgehead atoms. The van der Waals surface area contributed by atoms with Gasteiger partial charge in [-0.3, -0.25) is 10.1 Å². The van der Waals surface area contributed by atoms with Crippen molar-refractivity contribution in [2.24, 2.45) is 0 Å². The molecule has 1 aliphatic carbocycles. The maximum absolute atomic E-state index is 12.1. The first kappa shape index (κ1) is 18.8. The van der Waals surface area contributed by atoms with Crippen LogP contribution in [0.25, 0.3) is 11.0 Å². The molecule has 0 atom stereocenters. The molecule has 0 unspecified atom stereocenters. The van der Waals surface area contributed by atoms with Crippen molar-refractivity contribution in [2.75, 3.05) is 5.75 Å². The Bertz CT molecular complexity index is 1020. The van der Waals surface area contributed by atoms with Crippen molar-refractivity contribution in [3.63, 3.8) is 0 Å². The Hall–Kier alpha value is -2.51. The summed E-state index contributed by atoms with van der Waals surface area (Å²) in [6.45, 7) is 0.630. The molecule has 4 rings (SSSR count). The minimum atomic E-state index is -0.433. The van der Waals surface area contributed by atoms with Crippen LogP contribution in [-0.2, 0) is 11.3 Å². The molecule has 3 amide bonds. The number of benzene rings is 2. The van der Waals surface area contributed by atoms with Crippen molar-refractivity contribution < 1.29 is 9.59 Å². The second-order valence-corrected chi connectivity index (χ2v) is 8.06. The summed E-state index contributed by atoms with van der Waals surface area (Å²) in [7, 11) is 0. The van der Waals surface area contributed by atoms with Crippen molar-refractivity contribution >= 4 is 46.3 Å². The number of hydrogen-bond acceptors (Lipinski definition) is 4. The van der Waals surface area contributed by atoms with Gasteiger partial charge < -0.3 is 9.88 Å². The van der Waals surface area contributed by atoms with Gasteiger partial charge in [0.25, 0.3) is 0 Å². The molecule has 6 nitrogen and oxygen atoms in total. The molecule has 1 heterocycles. The minimum Gasteiger partial charge on any atom is -0.335 e. The number of nitrogens with one attached hydrogen (secondary N) is 2. The van der Waals surface area contributed by atoms with E-state index in [0.29, 0.717) is 16.7 Å². The van der Waals surface area contributed by atoms with Gasteiger partial charge in [-0.1, -0.05) is 53.7 Å². The molecule has 3 aromatic rings. The van der Waals surface area contributed by atoms with Gasteiger partial charge in [0, 0.05) is 11.1 Å². The van der Waals surface area contributed by atoms with Crippen LogP contribution in [0.2, 0.25) is 5.02 Å². The second kappa shape index (κ2) is 8.24. The normalized spacial score (nSPS) is 13.5. The summed E-state index contributed by atoms with van der Waals surface area (Å²) in [5, 5.41) is 6.43. The molecule has 1 saturated carbocycles. The van der Waals surface area contributed by atoms with E-state index in [4.69, 9.17) is 11.6 Å². The molecule has 1 aromatic heterocycles. The van der Waals surface area contributed by atoms with Crippen LogP contribution in [0.3, 0.4) is 0 Å². The number of urea groups is 1. The summed E-state index contributed by atoms with van der Waals surface area (Å²) in [4.78, 5) is 28.5. The zero-order valence-electron chi connectivity index (χ0n) is 15.0. The predicted octanol–water partition coefficient (Wildman–Crippen LogP) is 3.82. The Morgan fingerprint density at radius 3 is 2.71 bits per heavy atom. The summed E-state index contributed by atoms with van der Waals surface area (Å²) >= 11 is 7.41. The number of thioether (sulfide) groups is 1. The predicted molar refractivity (Wildman–Crippen MR) is 111 cm³/mol. The topological polar surface area (TPSA) is 76.0 Å². The monoisotopic (exact) mass is 414 g/mol. The average molecular weight is 415 g/mol. The third-order valence-corrected chi connectivity index (χ3v) is 5.57. The molecule has 1 aliphatic rings. The van der Waals surface area contributed by atoms with Gasteiger partial charge in [-0.15, -0.1) is 0 Å². The number of imide groups is 1. The van der Waals surface area contributed by atoms with Crippen molar-refractivity contribution in [1.82, 2.24) is 20.2 Å². The largest absolute Gasteiger partial charge is 0.335 e. The summed E-state index contributed by atoms with van der Waals surface area (Å²) in [5.41, 5.74) is 2.85. The van der Waals surface area contributed by atoms with Gasteiger partial charge in [-0.25, -0.2) is 9.78 Å². The van der Waals surface area contributed by atoms with E-state index in [9.17, 15) is 9.59 Å². The first-order valence-corrected chi connectivity index (χ1v) is 10.4. The Balaban J connectivity index is 1.50. The van der Waals surface area contributed by atoms with Gasteiger partial charge in [0.05, 0.1) is 23.3 Å². The lowest BCUT2D eigenvalue weighted by molar-refractivity contribution is -0.117. The fourth-order valence-corrected chi connectivity index (χ4v) is 3.83. The van der Waals surface area contributed by atoms with Crippen molar-refractivity contribution in [1.29, 1.82) is 0 Å². The highest BCUT2D eigenvalue weighted by atomic mass is 35.5. The van der Waals surface area contributed by atoms with E-state index in [2.05, 4.69) is 20.2 Å². The van der Waals surface area contributed by atoms with Gasteiger partial charge in [-0.2, -0.15) is 0 Å². The zero-order valence-corrected chi connectivity index (χ0v) is 16.6. The molecule has 0 saturated heterocycles. The number of imidazole rings is 1. The highest BCUT2D eigenvalue weighted by Gasteiger charge is 2.24. The fraction of sp³-hybridized carbons (Fsp3) is 0.250. The minimum absolute atomic E-state index is 0.101. The molecule has 0 radical (unpaired) electrons. The average Bonchev–Trinajstić information content (AvgIpc) is 3.42. The molecule has 1 fully saturated rings. The number of nitrogens with zero attached hydrogens (tertiary/aromatic N) is 2. The van der Waals surface area contributed by atoms with Gasteiger partial charge >= 0.3 is 6.03 Å². The number of halogens is 1. The summed E-state index contributed by atoms with van der Waals surface area (Å²) in [5.74, 6) is -0.247. The maximum Gasteiger partial charge on any atom is 0.321 e. The SMILES string of the molecule is O=C(CSc1nc2cc(Cl)ccc2n1Cc1ccccc1)NC(=O)NC1CC1. The Morgan fingerprint density at radius 1 is 1.18 bits per heavy atom. The molecule has 8 heteroatoms. The fourth-order valence-electron chi connectivity index (χ4n) is 2.85. The van der Waals surface area contributed by atoms with Crippen LogP contribution in [0.1, 0.15) is 18.4 Å². The van der Waals surface area contributed by atoms with E-state index in [-0.39, 0.29) is 17.7 Å². The summed E-state index contributed by atoms with van der Waals surface area (Å²) in [6.07, 6.45) is 1.95. The zero-order chi connectivity index (χ0) is 19.5.